The molecule has 7 heteroatoms. The summed E-state index contributed by atoms with van der Waals surface area (Å²) in [4.78, 5) is 36.8. The molecule has 2 aromatic carbocycles. The largest absolute Gasteiger partial charge is 0.376 e. The highest BCUT2D eigenvalue weighted by Gasteiger charge is 2.16. The first-order valence-corrected chi connectivity index (χ1v) is 11.4. The fourth-order valence-corrected chi connectivity index (χ4v) is 3.72. The Bertz CT molecular complexity index is 921. The predicted molar refractivity (Wildman–Crippen MR) is 127 cm³/mol. The van der Waals surface area contributed by atoms with Gasteiger partial charge in [-0.3, -0.25) is 14.4 Å². The molecule has 3 rings (SSSR count). The third kappa shape index (κ3) is 7.11. The van der Waals surface area contributed by atoms with E-state index in [2.05, 4.69) is 21.3 Å². The van der Waals surface area contributed by atoms with Crippen molar-refractivity contribution in [1.29, 1.82) is 0 Å². The monoisotopic (exact) mass is 436 g/mol. The van der Waals surface area contributed by atoms with Gasteiger partial charge in [0.25, 0.3) is 11.8 Å². The van der Waals surface area contributed by atoms with Crippen molar-refractivity contribution in [1.82, 2.24) is 10.6 Å². The molecule has 170 valence electrons. The quantitative estimate of drug-likeness (QED) is 0.478. The fraction of sp³-hybridized carbons (Fsp3) is 0.400. The topological polar surface area (TPSA) is 99.3 Å². The lowest BCUT2D eigenvalue weighted by Crippen LogP contribution is -2.36. The van der Waals surface area contributed by atoms with Gasteiger partial charge in [0.05, 0.1) is 6.54 Å². The van der Waals surface area contributed by atoms with E-state index in [9.17, 15) is 14.4 Å². The lowest BCUT2D eigenvalue weighted by Gasteiger charge is -2.22. The summed E-state index contributed by atoms with van der Waals surface area (Å²) in [5.74, 6) is -0.437. The molecule has 3 amide bonds. The van der Waals surface area contributed by atoms with Gasteiger partial charge in [0, 0.05) is 35.1 Å². The number of amides is 3. The van der Waals surface area contributed by atoms with E-state index in [4.69, 9.17) is 0 Å². The molecule has 0 spiro atoms. The average molecular weight is 437 g/mol. The van der Waals surface area contributed by atoms with E-state index >= 15 is 0 Å². The highest BCUT2D eigenvalue weighted by molar-refractivity contribution is 5.98. The lowest BCUT2D eigenvalue weighted by molar-refractivity contribution is -0.114. The van der Waals surface area contributed by atoms with Gasteiger partial charge in [0.15, 0.2) is 0 Å². The van der Waals surface area contributed by atoms with Gasteiger partial charge in [-0.2, -0.15) is 0 Å². The Hall–Kier alpha value is -3.35. The van der Waals surface area contributed by atoms with Gasteiger partial charge >= 0.3 is 0 Å². The van der Waals surface area contributed by atoms with Crippen molar-refractivity contribution in [2.45, 2.75) is 51.5 Å². The Kier molecular flexibility index (Phi) is 8.66. The third-order valence-corrected chi connectivity index (χ3v) is 5.48. The number of rotatable bonds is 9. The summed E-state index contributed by atoms with van der Waals surface area (Å²) in [6.07, 6.45) is 6.55. The maximum Gasteiger partial charge on any atom is 0.251 e. The van der Waals surface area contributed by atoms with Crippen molar-refractivity contribution < 1.29 is 14.4 Å². The Balaban J connectivity index is 1.46. The van der Waals surface area contributed by atoms with Gasteiger partial charge in [-0.25, -0.2) is 0 Å². The number of benzene rings is 2. The van der Waals surface area contributed by atoms with E-state index in [0.717, 1.165) is 24.9 Å². The highest BCUT2D eigenvalue weighted by atomic mass is 16.2. The molecule has 0 saturated heterocycles. The first-order valence-electron chi connectivity index (χ1n) is 11.4. The number of hydrogen-bond acceptors (Lipinski definition) is 4. The summed E-state index contributed by atoms with van der Waals surface area (Å²) < 4.78 is 0. The molecule has 1 aliphatic rings. The standard InChI is InChI=1S/C25H32N4O3/c1-2-15-26-24(31)19-7-6-10-22(16-19)28-23(30)17-27-20-13-11-18(12-14-20)25(32)29-21-8-4-3-5-9-21/h6-7,10-14,16,21,27H,2-5,8-9,15,17H2,1H3,(H,26,31)(H,28,30)(H,29,32). The van der Waals surface area contributed by atoms with Crippen molar-refractivity contribution in [3.63, 3.8) is 0 Å². The van der Waals surface area contributed by atoms with E-state index in [1.807, 2.05) is 6.92 Å². The van der Waals surface area contributed by atoms with Crippen LogP contribution in [0.25, 0.3) is 0 Å². The van der Waals surface area contributed by atoms with Crippen LogP contribution in [0.5, 0.6) is 0 Å². The van der Waals surface area contributed by atoms with Crippen LogP contribution < -0.4 is 21.3 Å². The van der Waals surface area contributed by atoms with Crippen LogP contribution in [0.3, 0.4) is 0 Å². The average Bonchev–Trinajstić information content (AvgIpc) is 2.82. The van der Waals surface area contributed by atoms with Gasteiger partial charge in [-0.1, -0.05) is 32.3 Å². The SMILES string of the molecule is CCCNC(=O)c1cccc(NC(=O)CNc2ccc(C(=O)NC3CCCCC3)cc2)c1. The molecule has 32 heavy (non-hydrogen) atoms. The van der Waals surface area contributed by atoms with Crippen LogP contribution in [0.2, 0.25) is 0 Å². The minimum absolute atomic E-state index is 0.0518. The van der Waals surface area contributed by atoms with Gasteiger partial charge < -0.3 is 21.3 Å². The molecule has 0 unspecified atom stereocenters. The molecule has 1 fully saturated rings. The second-order valence-corrected chi connectivity index (χ2v) is 8.12. The molecule has 1 saturated carbocycles. The number of hydrogen-bond donors (Lipinski definition) is 4. The molecule has 7 nitrogen and oxygen atoms in total. The van der Waals surface area contributed by atoms with Gasteiger partial charge in [-0.05, 0) is 61.7 Å². The molecule has 2 aromatic rings. The molecule has 0 atom stereocenters. The van der Waals surface area contributed by atoms with Gasteiger partial charge in [0.2, 0.25) is 5.91 Å². The Morgan fingerprint density at radius 3 is 2.34 bits per heavy atom. The van der Waals surface area contributed by atoms with E-state index in [1.165, 1.54) is 19.3 Å². The zero-order chi connectivity index (χ0) is 22.8. The molecule has 0 aromatic heterocycles. The minimum atomic E-state index is -0.227. The van der Waals surface area contributed by atoms with E-state index in [1.54, 1.807) is 48.5 Å². The second-order valence-electron chi connectivity index (χ2n) is 8.12. The summed E-state index contributed by atoms with van der Waals surface area (Å²) in [6, 6.07) is 14.2. The molecule has 0 bridgehead atoms. The van der Waals surface area contributed by atoms with E-state index in [0.29, 0.717) is 23.4 Å². The van der Waals surface area contributed by atoms with Gasteiger partial charge in [0.1, 0.15) is 0 Å². The Labute approximate surface area is 189 Å². The number of nitrogens with one attached hydrogen (secondary N) is 4. The number of carbonyl (C=O) groups excluding carboxylic acids is 3. The molecular weight excluding hydrogens is 404 g/mol. The summed E-state index contributed by atoms with van der Waals surface area (Å²) in [7, 11) is 0. The number of carbonyl (C=O) groups is 3. The van der Waals surface area contributed by atoms with Crippen molar-refractivity contribution in [2.24, 2.45) is 0 Å². The van der Waals surface area contributed by atoms with Crippen molar-refractivity contribution in [3.05, 3.63) is 59.7 Å². The summed E-state index contributed by atoms with van der Waals surface area (Å²) in [5, 5.41) is 11.8. The first-order chi connectivity index (χ1) is 15.5. The van der Waals surface area contributed by atoms with Crippen LogP contribution in [-0.2, 0) is 4.79 Å². The Morgan fingerprint density at radius 1 is 0.875 bits per heavy atom. The maximum absolute atomic E-state index is 12.4. The smallest absolute Gasteiger partial charge is 0.251 e. The predicted octanol–water partition coefficient (Wildman–Crippen LogP) is 3.94. The maximum atomic E-state index is 12.4. The summed E-state index contributed by atoms with van der Waals surface area (Å²) >= 11 is 0. The van der Waals surface area contributed by atoms with E-state index in [-0.39, 0.29) is 30.3 Å². The summed E-state index contributed by atoms with van der Waals surface area (Å²) in [6.45, 7) is 2.67. The highest BCUT2D eigenvalue weighted by Crippen LogP contribution is 2.18. The molecular formula is C25H32N4O3. The number of anilines is 2. The van der Waals surface area contributed by atoms with Crippen LogP contribution in [-0.4, -0.2) is 36.9 Å². The zero-order valence-electron chi connectivity index (χ0n) is 18.6. The fourth-order valence-electron chi connectivity index (χ4n) is 3.72. The first kappa shape index (κ1) is 23.3. The molecule has 0 heterocycles. The van der Waals surface area contributed by atoms with Crippen LogP contribution >= 0.6 is 0 Å². The third-order valence-electron chi connectivity index (χ3n) is 5.48. The van der Waals surface area contributed by atoms with Crippen LogP contribution in [0.1, 0.15) is 66.2 Å². The van der Waals surface area contributed by atoms with Crippen molar-refractivity contribution in [3.8, 4) is 0 Å². The van der Waals surface area contributed by atoms with Crippen LogP contribution in [0.15, 0.2) is 48.5 Å². The zero-order valence-corrected chi connectivity index (χ0v) is 18.6. The molecule has 4 N–H and O–H groups in total. The van der Waals surface area contributed by atoms with Crippen molar-refractivity contribution in [2.75, 3.05) is 23.7 Å². The van der Waals surface area contributed by atoms with Crippen molar-refractivity contribution >= 4 is 29.1 Å². The normalized spacial score (nSPS) is 13.8. The minimum Gasteiger partial charge on any atom is -0.376 e. The second kappa shape index (κ2) is 11.9. The van der Waals surface area contributed by atoms with Crippen LogP contribution in [0, 0.1) is 0 Å². The molecule has 0 radical (unpaired) electrons. The van der Waals surface area contributed by atoms with Crippen LogP contribution in [0.4, 0.5) is 11.4 Å². The lowest BCUT2D eigenvalue weighted by atomic mass is 9.95. The molecule has 0 aliphatic heterocycles. The van der Waals surface area contributed by atoms with Gasteiger partial charge in [-0.15, -0.1) is 0 Å². The van der Waals surface area contributed by atoms with E-state index < -0.39 is 0 Å². The molecule has 1 aliphatic carbocycles. The summed E-state index contributed by atoms with van der Waals surface area (Å²) in [5.41, 5.74) is 2.44. The Morgan fingerprint density at radius 2 is 1.62 bits per heavy atom.